The van der Waals surface area contributed by atoms with Crippen molar-refractivity contribution >= 4 is 27.8 Å². The van der Waals surface area contributed by atoms with Crippen molar-refractivity contribution in [2.75, 3.05) is 30.8 Å². The van der Waals surface area contributed by atoms with E-state index in [9.17, 15) is 13.2 Å². The molecule has 1 N–H and O–H groups in total. The minimum atomic E-state index is -3.72. The molecule has 1 amide bonds. The van der Waals surface area contributed by atoms with E-state index in [4.69, 9.17) is 9.47 Å². The summed E-state index contributed by atoms with van der Waals surface area (Å²) in [6.45, 7) is 3.52. The van der Waals surface area contributed by atoms with E-state index in [2.05, 4.69) is 17.1 Å². The first-order chi connectivity index (χ1) is 13.8. The molecule has 0 bridgehead atoms. The number of methoxy groups -OCH3 is 1. The second kappa shape index (κ2) is 10.3. The number of para-hydroxylation sites is 2. The van der Waals surface area contributed by atoms with Gasteiger partial charge in [-0.3, -0.25) is 9.10 Å². The van der Waals surface area contributed by atoms with Gasteiger partial charge in [0.1, 0.15) is 24.7 Å². The maximum Gasteiger partial charge on any atom is 0.260 e. The molecule has 0 heterocycles. The number of hydrogen-bond donors (Lipinski definition) is 1. The quantitative estimate of drug-likeness (QED) is 0.363. The molecule has 2 aromatic rings. The molecule has 154 valence electrons. The topological polar surface area (TPSA) is 97.3 Å². The molecule has 0 fully saturated rings. The number of hydrazone groups is 1. The van der Waals surface area contributed by atoms with Crippen molar-refractivity contribution in [2.24, 2.45) is 5.10 Å². The average molecular weight is 417 g/mol. The zero-order valence-corrected chi connectivity index (χ0v) is 17.1. The van der Waals surface area contributed by atoms with E-state index in [1.165, 1.54) is 13.3 Å². The lowest BCUT2D eigenvalue weighted by molar-refractivity contribution is -0.119. The Morgan fingerprint density at radius 3 is 2.69 bits per heavy atom. The number of carbonyl (C=O) groups excluding carboxylic acids is 1. The Morgan fingerprint density at radius 1 is 1.24 bits per heavy atom. The van der Waals surface area contributed by atoms with Crippen LogP contribution in [0.2, 0.25) is 0 Å². The number of ether oxygens (including phenoxy) is 2. The molecule has 0 aromatic heterocycles. The zero-order valence-electron chi connectivity index (χ0n) is 16.2. The van der Waals surface area contributed by atoms with Crippen LogP contribution in [0, 0.1) is 0 Å². The first-order valence-corrected chi connectivity index (χ1v) is 10.5. The van der Waals surface area contributed by atoms with E-state index >= 15 is 0 Å². The summed E-state index contributed by atoms with van der Waals surface area (Å²) in [6.07, 6.45) is 4.09. The molecule has 0 aliphatic carbocycles. The maximum atomic E-state index is 12.3. The smallest absolute Gasteiger partial charge is 0.260 e. The second-order valence-corrected chi connectivity index (χ2v) is 7.81. The van der Waals surface area contributed by atoms with Gasteiger partial charge >= 0.3 is 0 Å². The van der Waals surface area contributed by atoms with Crippen molar-refractivity contribution in [3.8, 4) is 11.5 Å². The SMILES string of the molecule is C=CCOc1cccc(/C=N\NC(=O)CN(c2ccccc2OC)S(C)(=O)=O)c1. The number of anilines is 1. The minimum Gasteiger partial charge on any atom is -0.495 e. The third-order valence-electron chi connectivity index (χ3n) is 3.67. The van der Waals surface area contributed by atoms with E-state index in [1.54, 1.807) is 54.6 Å². The molecule has 0 saturated heterocycles. The van der Waals surface area contributed by atoms with Crippen molar-refractivity contribution < 1.29 is 22.7 Å². The van der Waals surface area contributed by atoms with Crippen LogP contribution in [0.1, 0.15) is 5.56 Å². The first-order valence-electron chi connectivity index (χ1n) is 8.61. The summed E-state index contributed by atoms with van der Waals surface area (Å²) >= 11 is 0. The molecule has 0 spiro atoms. The van der Waals surface area contributed by atoms with Crippen LogP contribution in [0.25, 0.3) is 0 Å². The molecule has 9 heteroatoms. The van der Waals surface area contributed by atoms with Crippen LogP contribution in [0.3, 0.4) is 0 Å². The lowest BCUT2D eigenvalue weighted by atomic mass is 10.2. The summed E-state index contributed by atoms with van der Waals surface area (Å²) in [5.74, 6) is 0.377. The van der Waals surface area contributed by atoms with Crippen molar-refractivity contribution in [1.82, 2.24) is 5.43 Å². The molecular formula is C20H23N3O5S. The summed E-state index contributed by atoms with van der Waals surface area (Å²) in [5, 5.41) is 3.88. The van der Waals surface area contributed by atoms with Crippen LogP contribution in [0.4, 0.5) is 5.69 Å². The number of nitrogens with zero attached hydrogens (tertiary/aromatic N) is 2. The molecule has 0 unspecified atom stereocenters. The monoisotopic (exact) mass is 417 g/mol. The van der Waals surface area contributed by atoms with Gasteiger partial charge in [0.05, 0.1) is 25.3 Å². The van der Waals surface area contributed by atoms with Gasteiger partial charge in [0.25, 0.3) is 5.91 Å². The molecule has 2 aromatic carbocycles. The largest absolute Gasteiger partial charge is 0.495 e. The number of amides is 1. The summed E-state index contributed by atoms with van der Waals surface area (Å²) in [4.78, 5) is 12.3. The van der Waals surface area contributed by atoms with E-state index in [-0.39, 0.29) is 5.69 Å². The Morgan fingerprint density at radius 2 is 2.00 bits per heavy atom. The van der Waals surface area contributed by atoms with Crippen LogP contribution in [0.15, 0.2) is 66.3 Å². The highest BCUT2D eigenvalue weighted by Gasteiger charge is 2.23. The van der Waals surface area contributed by atoms with Crippen LogP contribution in [-0.2, 0) is 14.8 Å². The summed E-state index contributed by atoms with van der Waals surface area (Å²) in [7, 11) is -2.29. The van der Waals surface area contributed by atoms with Crippen molar-refractivity contribution in [3.05, 3.63) is 66.7 Å². The fourth-order valence-corrected chi connectivity index (χ4v) is 3.26. The van der Waals surface area contributed by atoms with Crippen LogP contribution in [-0.4, -0.2) is 47.1 Å². The highest BCUT2D eigenvalue weighted by Crippen LogP contribution is 2.29. The Labute approximate surface area is 170 Å². The third-order valence-corrected chi connectivity index (χ3v) is 4.80. The second-order valence-electron chi connectivity index (χ2n) is 5.91. The number of rotatable bonds is 10. The van der Waals surface area contributed by atoms with Gasteiger partial charge in [-0.25, -0.2) is 13.8 Å². The molecule has 0 aliphatic rings. The molecule has 0 saturated carbocycles. The van der Waals surface area contributed by atoms with E-state index in [1.807, 2.05) is 0 Å². The molecule has 0 atom stereocenters. The van der Waals surface area contributed by atoms with Crippen LogP contribution < -0.4 is 19.2 Å². The number of carbonyl (C=O) groups is 1. The average Bonchev–Trinajstić information content (AvgIpc) is 2.70. The van der Waals surface area contributed by atoms with Gasteiger partial charge < -0.3 is 9.47 Å². The fourth-order valence-electron chi connectivity index (χ4n) is 2.40. The van der Waals surface area contributed by atoms with Gasteiger partial charge in [-0.15, -0.1) is 0 Å². The Kier molecular flexibility index (Phi) is 7.79. The molecule has 0 aliphatic heterocycles. The zero-order chi connectivity index (χ0) is 21.3. The maximum absolute atomic E-state index is 12.3. The summed E-state index contributed by atoms with van der Waals surface area (Å²) in [5.41, 5.74) is 3.30. The first kappa shape index (κ1) is 22.0. The normalized spacial score (nSPS) is 11.1. The predicted octanol–water partition coefficient (Wildman–Crippen LogP) is 2.18. The van der Waals surface area contributed by atoms with E-state index in [0.717, 1.165) is 10.6 Å². The fraction of sp³-hybridized carbons (Fsp3) is 0.200. The van der Waals surface area contributed by atoms with Crippen molar-refractivity contribution in [1.29, 1.82) is 0 Å². The number of nitrogens with one attached hydrogen (secondary N) is 1. The van der Waals surface area contributed by atoms with Crippen molar-refractivity contribution in [2.45, 2.75) is 0 Å². The molecule has 29 heavy (non-hydrogen) atoms. The van der Waals surface area contributed by atoms with Gasteiger partial charge in [0, 0.05) is 0 Å². The van der Waals surface area contributed by atoms with Gasteiger partial charge in [0.15, 0.2) is 0 Å². The van der Waals surface area contributed by atoms with E-state index in [0.29, 0.717) is 23.7 Å². The highest BCUT2D eigenvalue weighted by atomic mass is 32.2. The molecular weight excluding hydrogens is 394 g/mol. The van der Waals surface area contributed by atoms with Gasteiger partial charge in [-0.1, -0.05) is 36.9 Å². The minimum absolute atomic E-state index is 0.267. The Balaban J connectivity index is 2.07. The van der Waals surface area contributed by atoms with Crippen LogP contribution in [0.5, 0.6) is 11.5 Å². The summed E-state index contributed by atoms with van der Waals surface area (Å²) < 4.78 is 36.0. The number of hydrogen-bond acceptors (Lipinski definition) is 6. The third kappa shape index (κ3) is 6.65. The highest BCUT2D eigenvalue weighted by molar-refractivity contribution is 7.92. The van der Waals surface area contributed by atoms with Gasteiger partial charge in [-0.2, -0.15) is 5.10 Å². The molecule has 0 radical (unpaired) electrons. The predicted molar refractivity (Wildman–Crippen MR) is 113 cm³/mol. The van der Waals surface area contributed by atoms with Gasteiger partial charge in [0.2, 0.25) is 10.0 Å². The molecule has 8 nitrogen and oxygen atoms in total. The number of benzene rings is 2. The van der Waals surface area contributed by atoms with E-state index < -0.39 is 22.5 Å². The lowest BCUT2D eigenvalue weighted by Crippen LogP contribution is -2.39. The standard InChI is InChI=1S/C20H23N3O5S/c1-4-12-28-17-9-7-8-16(13-17)14-21-22-20(24)15-23(29(3,25)26)18-10-5-6-11-19(18)27-2/h4-11,13-14H,1,12,15H2,2-3H3,(H,22,24)/b21-14-. The van der Waals surface area contributed by atoms with Crippen LogP contribution >= 0.6 is 0 Å². The Hall–Kier alpha value is -3.33. The lowest BCUT2D eigenvalue weighted by Gasteiger charge is -2.23. The Bertz CT molecular complexity index is 989. The summed E-state index contributed by atoms with van der Waals surface area (Å²) in [6, 6.07) is 13.7. The van der Waals surface area contributed by atoms with Gasteiger partial charge in [-0.05, 0) is 29.8 Å². The van der Waals surface area contributed by atoms with Crippen molar-refractivity contribution in [3.63, 3.8) is 0 Å². The molecule has 2 rings (SSSR count). The number of sulfonamides is 1.